The van der Waals surface area contributed by atoms with Crippen LogP contribution in [0.4, 0.5) is 0 Å². The van der Waals surface area contributed by atoms with Gasteiger partial charge in [0.2, 0.25) is 11.8 Å². The molecule has 0 spiro atoms. The van der Waals surface area contributed by atoms with Crippen molar-refractivity contribution in [1.29, 1.82) is 0 Å². The molecule has 1 aliphatic heterocycles. The van der Waals surface area contributed by atoms with E-state index in [4.69, 9.17) is 0 Å². The second kappa shape index (κ2) is 7.37. The maximum absolute atomic E-state index is 11.8. The van der Waals surface area contributed by atoms with Crippen LogP contribution in [0.3, 0.4) is 0 Å². The largest absolute Gasteiger partial charge is 0.467 e. The third-order valence-corrected chi connectivity index (χ3v) is 3.63. The zero-order valence-corrected chi connectivity index (χ0v) is 12.3. The van der Waals surface area contributed by atoms with Gasteiger partial charge in [-0.3, -0.25) is 9.59 Å². The first-order valence-electron chi connectivity index (χ1n) is 6.16. The maximum Gasteiger partial charge on any atom is 0.328 e. The van der Waals surface area contributed by atoms with Gasteiger partial charge in [-0.15, -0.1) is 11.8 Å². The molecule has 1 N–H and O–H groups in total. The standard InChI is InChI=1S/C12H20N2O4S/c1-8(2)4-9(12(17)18-3)13-10(15)5-14-7-19-6-11(14)16/h8-9H,4-7H2,1-3H3,(H,13,15)/t9-/m0/s1. The quantitative estimate of drug-likeness (QED) is 0.708. The molecule has 0 radical (unpaired) electrons. The highest BCUT2D eigenvalue weighted by molar-refractivity contribution is 8.00. The fraction of sp³-hybridized carbons (Fsp3) is 0.750. The molecular weight excluding hydrogens is 268 g/mol. The van der Waals surface area contributed by atoms with Crippen molar-refractivity contribution in [2.24, 2.45) is 5.92 Å². The van der Waals surface area contributed by atoms with Gasteiger partial charge in [-0.25, -0.2) is 4.79 Å². The van der Waals surface area contributed by atoms with Crippen molar-refractivity contribution < 1.29 is 19.1 Å². The lowest BCUT2D eigenvalue weighted by Gasteiger charge is -2.20. The smallest absolute Gasteiger partial charge is 0.328 e. The summed E-state index contributed by atoms with van der Waals surface area (Å²) in [5.41, 5.74) is 0. The van der Waals surface area contributed by atoms with Crippen LogP contribution in [0, 0.1) is 5.92 Å². The molecule has 1 atom stereocenters. The summed E-state index contributed by atoms with van der Waals surface area (Å²) in [5, 5.41) is 2.63. The van der Waals surface area contributed by atoms with Crippen LogP contribution in [0.5, 0.6) is 0 Å². The van der Waals surface area contributed by atoms with Crippen LogP contribution in [0.2, 0.25) is 0 Å². The third kappa shape index (κ3) is 5.10. The molecule has 0 bridgehead atoms. The Morgan fingerprint density at radius 1 is 1.47 bits per heavy atom. The van der Waals surface area contributed by atoms with Crippen LogP contribution in [0.25, 0.3) is 0 Å². The van der Waals surface area contributed by atoms with E-state index in [1.165, 1.54) is 23.8 Å². The zero-order valence-electron chi connectivity index (χ0n) is 11.5. The molecule has 6 nitrogen and oxygen atoms in total. The van der Waals surface area contributed by atoms with E-state index in [0.29, 0.717) is 18.1 Å². The van der Waals surface area contributed by atoms with Gasteiger partial charge in [0, 0.05) is 0 Å². The molecule has 2 amide bonds. The maximum atomic E-state index is 11.8. The van der Waals surface area contributed by atoms with E-state index in [2.05, 4.69) is 10.1 Å². The first-order valence-corrected chi connectivity index (χ1v) is 7.32. The summed E-state index contributed by atoms with van der Waals surface area (Å²) in [7, 11) is 1.29. The van der Waals surface area contributed by atoms with Gasteiger partial charge in [-0.1, -0.05) is 13.8 Å². The molecule has 0 saturated carbocycles. The Labute approximate surface area is 117 Å². The van der Waals surface area contributed by atoms with Crippen molar-refractivity contribution in [3.8, 4) is 0 Å². The Kier molecular flexibility index (Phi) is 6.14. The van der Waals surface area contributed by atoms with Crippen LogP contribution >= 0.6 is 11.8 Å². The molecule has 0 aromatic rings. The van der Waals surface area contributed by atoms with Crippen molar-refractivity contribution in [3.63, 3.8) is 0 Å². The van der Waals surface area contributed by atoms with Gasteiger partial charge in [-0.05, 0) is 12.3 Å². The molecule has 1 rings (SSSR count). The zero-order chi connectivity index (χ0) is 14.4. The highest BCUT2D eigenvalue weighted by Gasteiger charge is 2.26. The van der Waals surface area contributed by atoms with Crippen molar-refractivity contribution in [2.75, 3.05) is 25.3 Å². The van der Waals surface area contributed by atoms with Crippen LogP contribution < -0.4 is 5.32 Å². The van der Waals surface area contributed by atoms with Gasteiger partial charge in [-0.2, -0.15) is 0 Å². The molecule has 108 valence electrons. The SMILES string of the molecule is COC(=O)[C@H](CC(C)C)NC(=O)CN1CSCC1=O. The molecule has 0 aromatic heterocycles. The minimum atomic E-state index is -0.650. The lowest BCUT2D eigenvalue weighted by molar-refractivity contribution is -0.145. The van der Waals surface area contributed by atoms with Crippen LogP contribution in [0.15, 0.2) is 0 Å². The topological polar surface area (TPSA) is 75.7 Å². The number of thioether (sulfide) groups is 1. The van der Waals surface area contributed by atoms with E-state index in [-0.39, 0.29) is 24.3 Å². The van der Waals surface area contributed by atoms with Gasteiger partial charge in [0.15, 0.2) is 0 Å². The van der Waals surface area contributed by atoms with Crippen LogP contribution in [0.1, 0.15) is 20.3 Å². The lowest BCUT2D eigenvalue weighted by atomic mass is 10.0. The van der Waals surface area contributed by atoms with E-state index in [1.54, 1.807) is 0 Å². The fourth-order valence-electron chi connectivity index (χ4n) is 1.78. The minimum Gasteiger partial charge on any atom is -0.467 e. The van der Waals surface area contributed by atoms with Crippen molar-refractivity contribution >= 4 is 29.5 Å². The highest BCUT2D eigenvalue weighted by Crippen LogP contribution is 2.14. The number of rotatable bonds is 6. The predicted molar refractivity (Wildman–Crippen MR) is 72.4 cm³/mol. The first kappa shape index (κ1) is 15.8. The number of hydrogen-bond acceptors (Lipinski definition) is 5. The summed E-state index contributed by atoms with van der Waals surface area (Å²) in [6.45, 7) is 3.92. The van der Waals surface area contributed by atoms with E-state index in [1.807, 2.05) is 13.8 Å². The lowest BCUT2D eigenvalue weighted by Crippen LogP contribution is -2.46. The summed E-state index contributed by atoms with van der Waals surface area (Å²) < 4.78 is 4.67. The molecule has 1 fully saturated rings. The number of methoxy groups -OCH3 is 1. The minimum absolute atomic E-state index is 0.00256. The van der Waals surface area contributed by atoms with E-state index in [0.717, 1.165) is 0 Å². The van der Waals surface area contributed by atoms with Gasteiger partial charge in [0.1, 0.15) is 12.6 Å². The molecule has 7 heteroatoms. The Hall–Kier alpha value is -1.24. The van der Waals surface area contributed by atoms with Gasteiger partial charge in [0.25, 0.3) is 0 Å². The predicted octanol–water partition coefficient (Wildman–Crippen LogP) is 0.223. The van der Waals surface area contributed by atoms with Crippen molar-refractivity contribution in [2.45, 2.75) is 26.3 Å². The van der Waals surface area contributed by atoms with E-state index in [9.17, 15) is 14.4 Å². The molecule has 1 saturated heterocycles. The summed E-state index contributed by atoms with van der Waals surface area (Å²) in [6, 6.07) is -0.650. The van der Waals surface area contributed by atoms with Crippen molar-refractivity contribution in [3.05, 3.63) is 0 Å². The molecule has 0 unspecified atom stereocenters. The van der Waals surface area contributed by atoms with Crippen molar-refractivity contribution in [1.82, 2.24) is 10.2 Å². The number of carbonyl (C=O) groups excluding carboxylic acids is 3. The Bertz CT molecular complexity index is 360. The Morgan fingerprint density at radius 2 is 2.16 bits per heavy atom. The van der Waals surface area contributed by atoms with Gasteiger partial charge >= 0.3 is 5.97 Å². The van der Waals surface area contributed by atoms with Crippen LogP contribution in [-0.2, 0) is 19.1 Å². The number of nitrogens with zero attached hydrogens (tertiary/aromatic N) is 1. The average molecular weight is 288 g/mol. The molecule has 19 heavy (non-hydrogen) atoms. The summed E-state index contributed by atoms with van der Waals surface area (Å²) in [4.78, 5) is 36.3. The summed E-state index contributed by atoms with van der Waals surface area (Å²) in [6.07, 6.45) is 0.515. The number of amides is 2. The molecule has 1 heterocycles. The molecule has 0 aliphatic carbocycles. The third-order valence-electron chi connectivity index (χ3n) is 2.69. The van der Waals surface area contributed by atoms with E-state index < -0.39 is 12.0 Å². The second-order valence-electron chi connectivity index (χ2n) is 4.84. The number of esters is 1. The van der Waals surface area contributed by atoms with Gasteiger partial charge in [0.05, 0.1) is 18.7 Å². The number of hydrogen-bond donors (Lipinski definition) is 1. The monoisotopic (exact) mass is 288 g/mol. The molecule has 0 aromatic carbocycles. The summed E-state index contributed by atoms with van der Waals surface area (Å²) >= 11 is 1.48. The highest BCUT2D eigenvalue weighted by atomic mass is 32.2. The fourth-order valence-corrected chi connectivity index (χ4v) is 2.69. The van der Waals surface area contributed by atoms with Gasteiger partial charge < -0.3 is 15.0 Å². The molecule has 1 aliphatic rings. The molecular formula is C12H20N2O4S. The normalized spacial score (nSPS) is 16.6. The van der Waals surface area contributed by atoms with E-state index >= 15 is 0 Å². The number of nitrogens with one attached hydrogen (secondary N) is 1. The second-order valence-corrected chi connectivity index (χ2v) is 5.80. The average Bonchev–Trinajstić information content (AvgIpc) is 2.72. The number of ether oxygens (including phenoxy) is 1. The number of carbonyl (C=O) groups is 3. The Morgan fingerprint density at radius 3 is 2.63 bits per heavy atom. The Balaban J connectivity index is 2.50. The van der Waals surface area contributed by atoms with Crippen LogP contribution in [-0.4, -0.2) is 54.0 Å². The first-order chi connectivity index (χ1) is 8.93. The summed E-state index contributed by atoms with van der Waals surface area (Å²) in [5.74, 6) is 0.377.